The minimum Gasteiger partial charge on any atom is -0.496 e. The zero-order chi connectivity index (χ0) is 87.5. The number of hydrogen-bond donors (Lipinski definition) is 0. The van der Waals surface area contributed by atoms with Crippen LogP contribution < -0.4 is 13.7 Å². The first-order chi connectivity index (χ1) is 57.3. The minimum absolute atomic E-state index is 0.0213. The van der Waals surface area contributed by atoms with Crippen molar-refractivity contribution in [3.05, 3.63) is 267 Å². The second-order valence-corrected chi connectivity index (χ2v) is 36.5. The van der Waals surface area contributed by atoms with Crippen molar-refractivity contribution >= 4 is 132 Å². The van der Waals surface area contributed by atoms with Gasteiger partial charge in [0.25, 0.3) is 52.3 Å². The van der Waals surface area contributed by atoms with E-state index in [9.17, 15) is 60.1 Å². The Morgan fingerprint density at radius 2 is 0.817 bits per heavy atom. The summed E-state index contributed by atoms with van der Waals surface area (Å²) in [5, 5.41) is 0.442. The highest BCUT2D eigenvalue weighted by atomic mass is 35.5. The number of aromatic nitrogens is 1. The van der Waals surface area contributed by atoms with Crippen LogP contribution in [0.3, 0.4) is 0 Å². The van der Waals surface area contributed by atoms with Crippen LogP contribution in [0, 0.1) is 11.8 Å². The van der Waals surface area contributed by atoms with Crippen molar-refractivity contribution in [1.29, 1.82) is 0 Å². The summed E-state index contributed by atoms with van der Waals surface area (Å²) in [6, 6.07) is 47.8. The second-order valence-electron chi connectivity index (χ2n) is 26.5. The largest absolute Gasteiger partial charge is 0.496 e. The van der Waals surface area contributed by atoms with E-state index in [2.05, 4.69) is 44.5 Å². The molecule has 120 heavy (non-hydrogen) atoms. The summed E-state index contributed by atoms with van der Waals surface area (Å²) in [7, 11) is -20.0. The first-order valence-electron chi connectivity index (χ1n) is 37.5. The van der Waals surface area contributed by atoms with Crippen molar-refractivity contribution in [2.45, 2.75) is 125 Å². The first-order valence-corrected chi connectivity index (χ1v) is 47.0. The van der Waals surface area contributed by atoms with E-state index in [0.29, 0.717) is 67.4 Å². The Hall–Kier alpha value is -9.33. The monoisotopic (exact) mass is 1800 g/mol. The lowest BCUT2D eigenvalue weighted by atomic mass is 9.81. The van der Waals surface area contributed by atoms with Crippen LogP contribution in [0.5, 0.6) is 17.4 Å². The van der Waals surface area contributed by atoms with Crippen LogP contribution in [-0.4, -0.2) is 143 Å². The Balaban J connectivity index is 0.000000200. The normalized spacial score (nSPS) is 15.7. The van der Waals surface area contributed by atoms with Crippen LogP contribution in [0.1, 0.15) is 110 Å². The zero-order valence-electron chi connectivity index (χ0n) is 66.1. The number of pyridine rings is 1. The number of benzene rings is 7. The van der Waals surface area contributed by atoms with Gasteiger partial charge in [0.1, 0.15) is 22.5 Å². The molecule has 2 saturated heterocycles. The molecule has 0 N–H and O–H groups in total. The number of ether oxygens (including phenoxy) is 4. The lowest BCUT2D eigenvalue weighted by Crippen LogP contribution is -2.33. The molecular formula is C86H96Cl2N2O24S6. The summed E-state index contributed by atoms with van der Waals surface area (Å²) in [5.74, 6) is -0.759. The fourth-order valence-electron chi connectivity index (χ4n) is 11.8. The SMILES string of the molecule is C=Cc1ccc(S(=O)(=O)OC(CCl)CCl)cc1.C=Cc1ccc(S(=O)(=O)OC2CCCCC2)cc1.C=Cc1ccc(S(=O)(=O)OC2CCOCC2)cc1.C=Cc1ccc(S(=O)(=O)OCCc2c(OC)cccc2OCOC)cc1.C=Cc1ccc(S(=O)(=O)ON2C(=O)C3CCCCC3C2=O)cc1.C=Cc1ccc(S(=O)(=O)Oc2ccccn2)cc1. The number of rotatable bonds is 32. The quantitative estimate of drug-likeness (QED) is 0.0164. The number of fused-ring (bicyclic) bond motifs is 1. The first kappa shape index (κ1) is 97.8. The number of hydrogen-bond acceptors (Lipinski definition) is 25. The van der Waals surface area contributed by atoms with Gasteiger partial charge in [-0.1, -0.05) is 193 Å². The van der Waals surface area contributed by atoms with Gasteiger partial charge in [0, 0.05) is 44.6 Å². The summed E-state index contributed by atoms with van der Waals surface area (Å²) >= 11 is 11.0. The number of alkyl halides is 2. The van der Waals surface area contributed by atoms with Crippen molar-refractivity contribution in [2.75, 3.05) is 52.6 Å². The van der Waals surface area contributed by atoms with Crippen molar-refractivity contribution < 1.29 is 104 Å². The Bertz CT molecular complexity index is 5300. The molecular weight excluding hydrogens is 1710 g/mol. The Kier molecular flexibility index (Phi) is 38.9. The average Bonchev–Trinajstić information content (AvgIpc) is 1.62. The summed E-state index contributed by atoms with van der Waals surface area (Å²) in [4.78, 5) is 28.9. The Morgan fingerprint density at radius 3 is 1.20 bits per heavy atom. The van der Waals surface area contributed by atoms with Crippen LogP contribution in [0.15, 0.2) is 257 Å². The topological polar surface area (TPSA) is 347 Å². The highest BCUT2D eigenvalue weighted by molar-refractivity contribution is 7.88. The van der Waals surface area contributed by atoms with Gasteiger partial charge in [0.2, 0.25) is 5.88 Å². The van der Waals surface area contributed by atoms with E-state index in [0.717, 1.165) is 71.9 Å². The molecule has 1 aromatic heterocycles. The van der Waals surface area contributed by atoms with Gasteiger partial charge < -0.3 is 23.1 Å². The van der Waals surface area contributed by atoms with Crippen molar-refractivity contribution in [3.8, 4) is 17.4 Å². The maximum absolute atomic E-state index is 12.3. The molecule has 2 unspecified atom stereocenters. The lowest BCUT2D eigenvalue weighted by molar-refractivity contribution is -0.165. The van der Waals surface area contributed by atoms with Gasteiger partial charge in [-0.15, -0.1) is 32.5 Å². The molecule has 0 radical (unpaired) electrons. The van der Waals surface area contributed by atoms with Crippen molar-refractivity contribution in [2.24, 2.45) is 11.8 Å². The molecule has 2 aliphatic heterocycles. The molecule has 12 rings (SSSR count). The number of amides is 2. The molecule has 2 saturated carbocycles. The number of carbonyl (C=O) groups excluding carboxylic acids is 2. The van der Waals surface area contributed by atoms with Crippen LogP contribution in [0.25, 0.3) is 36.5 Å². The number of imide groups is 1. The standard InChI is InChI=1S/C19H22O6S.C16H17NO5S.C14H18O3S.C13H11NO3S.C13H16O4S.C11H12Cl2O3S/c1-4-15-8-10-16(11-9-15)26(20,21)25-13-12-17-18(23-3)6-5-7-19(17)24-14-22-2;1-2-11-7-9-12(10-8-11)23(20,21)22-17-15(18)13-5-3-4-6-14(13)16(17)19;1-2-12-8-10-14(11-9-12)18(15,16)17-13-6-4-3-5-7-13;1-2-11-6-8-12(9-7-11)18(15,16)17-13-5-3-4-10-14-13;1-2-11-3-5-13(6-4-11)18(14,15)17-12-7-9-16-10-8-12;1-2-9-3-5-11(6-4-9)17(14,15)16-10(7-12)8-13/h4-11H,1,12-14H2,2-3H3;2,7-10,13-14H,1,3-6H2;2,8-11,13H,1,3-7H2;2-10H,1H2;2-6,12H,1,7-10H2;2-6,10H,1,7-8H2. The van der Waals surface area contributed by atoms with Crippen LogP contribution in [-0.2, 0) is 107 Å². The van der Waals surface area contributed by atoms with Gasteiger partial charge in [-0.2, -0.15) is 50.5 Å². The highest BCUT2D eigenvalue weighted by Crippen LogP contribution is 2.39. The van der Waals surface area contributed by atoms with Crippen LogP contribution >= 0.6 is 23.2 Å². The zero-order valence-corrected chi connectivity index (χ0v) is 72.5. The molecule has 0 spiro atoms. The molecule has 4 fully saturated rings. The molecule has 2 atom stereocenters. The Labute approximate surface area is 714 Å². The molecule has 34 heteroatoms. The molecule has 2 aliphatic carbocycles. The van der Waals surface area contributed by atoms with Crippen molar-refractivity contribution in [1.82, 2.24) is 10.0 Å². The molecule has 3 heterocycles. The van der Waals surface area contributed by atoms with Crippen LogP contribution in [0.4, 0.5) is 0 Å². The van der Waals surface area contributed by atoms with E-state index in [-0.39, 0.29) is 72.6 Å². The fraction of sp³-hybridized carbons (Fsp3) is 0.291. The van der Waals surface area contributed by atoms with E-state index in [1.807, 2.05) is 0 Å². The van der Waals surface area contributed by atoms with Gasteiger partial charge >= 0.3 is 20.2 Å². The third-order valence-electron chi connectivity index (χ3n) is 18.3. The highest BCUT2D eigenvalue weighted by Gasteiger charge is 2.51. The summed E-state index contributed by atoms with van der Waals surface area (Å²) in [5.41, 5.74) is 5.74. The van der Waals surface area contributed by atoms with E-state index < -0.39 is 90.5 Å². The van der Waals surface area contributed by atoms with Gasteiger partial charge in [-0.25, -0.2) is 4.98 Å². The third-order valence-corrected chi connectivity index (χ3v) is 26.9. The summed E-state index contributed by atoms with van der Waals surface area (Å²) < 4.78 is 196. The smallest absolute Gasteiger partial charge is 0.340 e. The molecule has 26 nitrogen and oxygen atoms in total. The predicted molar refractivity (Wildman–Crippen MR) is 460 cm³/mol. The Morgan fingerprint density at radius 1 is 0.442 bits per heavy atom. The van der Waals surface area contributed by atoms with Gasteiger partial charge in [-0.05, 0) is 163 Å². The van der Waals surface area contributed by atoms with Crippen LogP contribution in [0.2, 0.25) is 0 Å². The van der Waals surface area contributed by atoms with Gasteiger partial charge in [0.15, 0.2) is 6.79 Å². The molecule has 4 aliphatic rings. The number of nitrogens with zero attached hydrogens (tertiary/aromatic N) is 2. The average molecular weight is 1810 g/mol. The molecule has 8 aromatic rings. The van der Waals surface area contributed by atoms with Crippen molar-refractivity contribution in [3.63, 3.8) is 0 Å². The number of hydroxylamine groups is 2. The maximum atomic E-state index is 12.3. The third kappa shape index (κ3) is 29.8. The number of methoxy groups -OCH3 is 2. The summed E-state index contributed by atoms with van der Waals surface area (Å²) in [6.07, 6.45) is 19.5. The second kappa shape index (κ2) is 47.8. The molecule has 644 valence electrons. The van der Waals surface area contributed by atoms with E-state index in [1.54, 1.807) is 152 Å². The predicted octanol–water partition coefficient (Wildman–Crippen LogP) is 16.3. The van der Waals surface area contributed by atoms with E-state index in [1.165, 1.54) is 93.6 Å². The minimum atomic E-state index is -4.23. The van der Waals surface area contributed by atoms with Gasteiger partial charge in [-0.3, -0.25) is 26.3 Å². The lowest BCUT2D eigenvalue weighted by Gasteiger charge is -2.21. The summed E-state index contributed by atoms with van der Waals surface area (Å²) in [6.45, 7) is 22.8. The number of carbonyl (C=O) groups is 2. The molecule has 2 amide bonds. The van der Waals surface area contributed by atoms with Gasteiger partial charge in [0.05, 0.1) is 74.0 Å². The fourth-order valence-corrected chi connectivity index (χ4v) is 18.5. The molecule has 0 bridgehead atoms. The van der Waals surface area contributed by atoms with E-state index in [4.69, 9.17) is 67.3 Å². The van der Waals surface area contributed by atoms with E-state index >= 15 is 0 Å². The number of halogens is 2. The maximum Gasteiger partial charge on any atom is 0.340 e. The molecule has 7 aromatic carbocycles.